The van der Waals surface area contributed by atoms with E-state index in [4.69, 9.17) is 4.74 Å². The van der Waals surface area contributed by atoms with Gasteiger partial charge in [-0.3, -0.25) is 19.3 Å². The van der Waals surface area contributed by atoms with Crippen molar-refractivity contribution in [1.29, 1.82) is 0 Å². The van der Waals surface area contributed by atoms with Gasteiger partial charge in [0.25, 0.3) is 5.91 Å². The fourth-order valence-electron chi connectivity index (χ4n) is 7.65. The summed E-state index contributed by atoms with van der Waals surface area (Å²) in [4.78, 5) is 45.7. The van der Waals surface area contributed by atoms with Crippen LogP contribution in [-0.2, 0) is 20.5 Å². The van der Waals surface area contributed by atoms with E-state index in [1.54, 1.807) is 12.1 Å². The first-order chi connectivity index (χ1) is 18.1. The number of ketones is 1. The maximum absolute atomic E-state index is 14.7. The van der Waals surface area contributed by atoms with E-state index < -0.39 is 16.9 Å². The summed E-state index contributed by atoms with van der Waals surface area (Å²) < 4.78 is 5.86. The number of nitrogens with one attached hydrogen (secondary N) is 2. The molecule has 2 amide bonds. The summed E-state index contributed by atoms with van der Waals surface area (Å²) in [5, 5.41) is 6.15. The molecule has 4 atom stereocenters. The molecule has 4 aliphatic heterocycles. The molecule has 7 heteroatoms. The van der Waals surface area contributed by atoms with Crippen LogP contribution in [0.3, 0.4) is 0 Å². The van der Waals surface area contributed by atoms with Crippen molar-refractivity contribution in [3.8, 4) is 5.75 Å². The summed E-state index contributed by atoms with van der Waals surface area (Å²) in [5.41, 5.74) is 0.463. The Morgan fingerprint density at radius 1 is 0.919 bits per heavy atom. The smallest absolute Gasteiger partial charge is 0.251 e. The molecule has 186 valence electrons. The molecule has 0 radical (unpaired) electrons. The zero-order chi connectivity index (χ0) is 25.4. The number of Topliss-reactive ketones (excluding diaryl/α,β-unsaturated/α-hetero) is 1. The fourth-order valence-corrected chi connectivity index (χ4v) is 7.65. The molecule has 3 aromatic rings. The summed E-state index contributed by atoms with van der Waals surface area (Å²) in [6.45, 7) is 2.92. The first-order valence-electron chi connectivity index (χ1n) is 12.9. The van der Waals surface area contributed by atoms with Crippen molar-refractivity contribution in [3.05, 3.63) is 89.5 Å². The van der Waals surface area contributed by atoms with Gasteiger partial charge in [-0.15, -0.1) is 0 Å². The molecule has 2 saturated heterocycles. The number of anilines is 2. The zero-order valence-electron chi connectivity index (χ0n) is 20.5. The number of benzene rings is 3. The highest BCUT2D eigenvalue weighted by Crippen LogP contribution is 2.67. The molecule has 0 bridgehead atoms. The first-order valence-corrected chi connectivity index (χ1v) is 12.9. The van der Waals surface area contributed by atoms with Gasteiger partial charge in [-0.25, -0.2) is 0 Å². The lowest BCUT2D eigenvalue weighted by atomic mass is 9.57. The Morgan fingerprint density at radius 3 is 2.35 bits per heavy atom. The van der Waals surface area contributed by atoms with Crippen LogP contribution in [0.1, 0.15) is 41.3 Å². The Balaban J connectivity index is 1.57. The number of fused-ring (bicyclic) bond motifs is 7. The summed E-state index contributed by atoms with van der Waals surface area (Å²) in [7, 11) is 0. The molecule has 0 unspecified atom stereocenters. The van der Waals surface area contributed by atoms with Crippen molar-refractivity contribution in [2.45, 2.75) is 36.8 Å². The minimum absolute atomic E-state index is 0.165. The van der Waals surface area contributed by atoms with Gasteiger partial charge in [-0.2, -0.15) is 0 Å². The van der Waals surface area contributed by atoms with Crippen molar-refractivity contribution >= 4 is 29.0 Å². The maximum atomic E-state index is 14.7. The van der Waals surface area contributed by atoms with Crippen LogP contribution in [0, 0.1) is 5.92 Å². The van der Waals surface area contributed by atoms with Crippen LogP contribution in [0.5, 0.6) is 5.75 Å². The average Bonchev–Trinajstić information content (AvgIpc) is 3.63. The molecule has 7 nitrogen and oxygen atoms in total. The third kappa shape index (κ3) is 2.52. The molecule has 0 saturated carbocycles. The van der Waals surface area contributed by atoms with Crippen molar-refractivity contribution in [2.24, 2.45) is 5.92 Å². The zero-order valence-corrected chi connectivity index (χ0v) is 20.5. The Labute approximate surface area is 214 Å². The lowest BCUT2D eigenvalue weighted by Gasteiger charge is -2.43. The molecule has 0 aromatic heterocycles. The van der Waals surface area contributed by atoms with Crippen LogP contribution in [-0.4, -0.2) is 41.7 Å². The number of carbonyl (C=O) groups excluding carboxylic acids is 3. The van der Waals surface area contributed by atoms with E-state index in [1.165, 1.54) is 0 Å². The number of nitrogens with zero attached hydrogens (tertiary/aromatic N) is 1. The van der Waals surface area contributed by atoms with E-state index in [9.17, 15) is 14.4 Å². The largest absolute Gasteiger partial charge is 0.493 e. The standard InChI is InChI=1S/C30H27N3O4/c1-2-37-24-16-8-3-10-18(24)26(34)25-23-15-9-17-33(23)30(20-12-5-7-14-22(20)32-28(30)36)29(25)19-11-4-6-13-21(19)31-27(29)35/h3-8,10-14,16,23,25H,2,9,15,17H2,1H3,(H,31,35)(H,32,36)/t23-,25+,29+,30-/m1/s1. The second-order valence-corrected chi connectivity index (χ2v) is 10.2. The summed E-state index contributed by atoms with van der Waals surface area (Å²) in [6.07, 6.45) is 1.57. The van der Waals surface area contributed by atoms with E-state index in [0.29, 0.717) is 41.4 Å². The number of hydrogen-bond donors (Lipinski definition) is 2. The number of hydrogen-bond acceptors (Lipinski definition) is 5. The average molecular weight is 494 g/mol. The molecule has 37 heavy (non-hydrogen) atoms. The lowest BCUT2D eigenvalue weighted by Crippen LogP contribution is -2.62. The summed E-state index contributed by atoms with van der Waals surface area (Å²) in [5.74, 6) is -0.999. The predicted molar refractivity (Wildman–Crippen MR) is 139 cm³/mol. The number of para-hydroxylation sites is 3. The SMILES string of the molecule is CCOc1ccccc1C(=O)[C@@H]1[C@H]2CCCN2[C@]2(C(=O)Nc3ccccc32)[C@]12C(=O)Nc1ccccc12. The molecule has 2 N–H and O–H groups in total. The Hall–Kier alpha value is -3.97. The van der Waals surface area contributed by atoms with Crippen molar-refractivity contribution in [1.82, 2.24) is 4.90 Å². The van der Waals surface area contributed by atoms with Crippen LogP contribution < -0.4 is 15.4 Å². The number of amides is 2. The summed E-state index contributed by atoms with van der Waals surface area (Å²) >= 11 is 0. The first kappa shape index (κ1) is 22.2. The molecular weight excluding hydrogens is 466 g/mol. The molecule has 2 fully saturated rings. The van der Waals surface area contributed by atoms with E-state index >= 15 is 0 Å². The fraction of sp³-hybridized carbons (Fsp3) is 0.300. The molecule has 0 aliphatic carbocycles. The third-order valence-corrected chi connectivity index (χ3v) is 8.74. The molecular formula is C30H27N3O4. The van der Waals surface area contributed by atoms with Gasteiger partial charge in [0.05, 0.1) is 18.1 Å². The summed E-state index contributed by atoms with van der Waals surface area (Å²) in [6, 6.07) is 22.0. The second kappa shape index (κ2) is 7.76. The van der Waals surface area contributed by atoms with Crippen molar-refractivity contribution in [2.75, 3.05) is 23.8 Å². The number of rotatable bonds is 4. The van der Waals surface area contributed by atoms with Gasteiger partial charge >= 0.3 is 0 Å². The van der Waals surface area contributed by atoms with Crippen LogP contribution in [0.15, 0.2) is 72.8 Å². The van der Waals surface area contributed by atoms with E-state index in [0.717, 1.165) is 18.4 Å². The van der Waals surface area contributed by atoms with Gasteiger partial charge in [0.2, 0.25) is 5.91 Å². The van der Waals surface area contributed by atoms with Crippen molar-refractivity contribution < 1.29 is 19.1 Å². The van der Waals surface area contributed by atoms with Gasteiger partial charge in [0.1, 0.15) is 16.7 Å². The molecule has 4 heterocycles. The highest BCUT2D eigenvalue weighted by atomic mass is 16.5. The van der Waals surface area contributed by atoms with Gasteiger partial charge in [0, 0.05) is 23.0 Å². The van der Waals surface area contributed by atoms with E-state index in [-0.39, 0.29) is 23.6 Å². The van der Waals surface area contributed by atoms with Crippen LogP contribution >= 0.6 is 0 Å². The third-order valence-electron chi connectivity index (χ3n) is 8.74. The molecule has 2 spiro atoms. The molecule has 3 aromatic carbocycles. The minimum Gasteiger partial charge on any atom is -0.493 e. The lowest BCUT2D eigenvalue weighted by molar-refractivity contribution is -0.137. The second-order valence-electron chi connectivity index (χ2n) is 10.2. The number of ether oxygens (including phenoxy) is 1. The molecule has 7 rings (SSSR count). The highest BCUT2D eigenvalue weighted by Gasteiger charge is 2.81. The van der Waals surface area contributed by atoms with E-state index in [1.807, 2.05) is 67.6 Å². The Kier molecular flexibility index (Phi) is 4.67. The van der Waals surface area contributed by atoms with Gasteiger partial charge < -0.3 is 15.4 Å². The van der Waals surface area contributed by atoms with Crippen LogP contribution in [0.2, 0.25) is 0 Å². The Bertz CT molecular complexity index is 1480. The highest BCUT2D eigenvalue weighted by molar-refractivity contribution is 6.21. The van der Waals surface area contributed by atoms with Crippen molar-refractivity contribution in [3.63, 3.8) is 0 Å². The number of carbonyl (C=O) groups is 3. The maximum Gasteiger partial charge on any atom is 0.251 e. The van der Waals surface area contributed by atoms with Gasteiger partial charge in [0.15, 0.2) is 5.78 Å². The van der Waals surface area contributed by atoms with Crippen LogP contribution in [0.4, 0.5) is 11.4 Å². The minimum atomic E-state index is -1.44. The van der Waals surface area contributed by atoms with Crippen LogP contribution in [0.25, 0.3) is 0 Å². The topological polar surface area (TPSA) is 87.7 Å². The Morgan fingerprint density at radius 2 is 1.57 bits per heavy atom. The quantitative estimate of drug-likeness (QED) is 0.535. The van der Waals surface area contributed by atoms with Gasteiger partial charge in [-0.05, 0) is 56.1 Å². The van der Waals surface area contributed by atoms with E-state index in [2.05, 4.69) is 15.5 Å². The predicted octanol–water partition coefficient (Wildman–Crippen LogP) is 4.10. The normalized spacial score (nSPS) is 29.2. The molecule has 4 aliphatic rings. The monoisotopic (exact) mass is 493 g/mol. The van der Waals surface area contributed by atoms with Gasteiger partial charge in [-0.1, -0.05) is 48.5 Å².